The molecule has 3 N–H and O–H groups in total. The van der Waals surface area contributed by atoms with E-state index in [1.165, 1.54) is 5.56 Å². The first-order valence-corrected chi connectivity index (χ1v) is 14.7. The summed E-state index contributed by atoms with van der Waals surface area (Å²) in [4.78, 5) is 39.9. The van der Waals surface area contributed by atoms with Crippen LogP contribution in [0, 0.1) is 11.3 Å². The highest BCUT2D eigenvalue weighted by molar-refractivity contribution is 5.89. The van der Waals surface area contributed by atoms with Crippen LogP contribution < -0.4 is 11.1 Å². The molecule has 0 saturated heterocycles. The van der Waals surface area contributed by atoms with Gasteiger partial charge in [-0.25, -0.2) is 4.79 Å². The van der Waals surface area contributed by atoms with E-state index in [1.807, 2.05) is 81.4 Å². The largest absolute Gasteiger partial charge is 0.464 e. The molecule has 2 aromatic rings. The van der Waals surface area contributed by atoms with Crippen LogP contribution in [-0.2, 0) is 41.6 Å². The first-order chi connectivity index (χ1) is 19.6. The maximum atomic E-state index is 13.8. The van der Waals surface area contributed by atoms with E-state index in [0.717, 1.165) is 24.8 Å². The van der Waals surface area contributed by atoms with E-state index in [9.17, 15) is 14.4 Å². The lowest BCUT2D eigenvalue weighted by molar-refractivity contribution is -0.161. The number of carbonyl (C=O) groups is 3. The third-order valence-corrected chi connectivity index (χ3v) is 7.39. The number of hydrogen-bond acceptors (Lipinski definition) is 7. The molecule has 3 rings (SSSR count). The summed E-state index contributed by atoms with van der Waals surface area (Å²) in [6.45, 7) is 6.01. The van der Waals surface area contributed by atoms with Gasteiger partial charge in [0.1, 0.15) is 5.60 Å². The van der Waals surface area contributed by atoms with Gasteiger partial charge in [0.05, 0.1) is 31.2 Å². The topological polar surface area (TPSA) is 117 Å². The van der Waals surface area contributed by atoms with Crippen LogP contribution in [0.15, 0.2) is 60.7 Å². The lowest BCUT2D eigenvalue weighted by Crippen LogP contribution is -2.51. The summed E-state index contributed by atoms with van der Waals surface area (Å²) in [5.41, 5.74) is 6.65. The van der Waals surface area contributed by atoms with E-state index >= 15 is 0 Å². The standard InChI is InChI=1S/C33H46N2O6/c1-32(2,3)41-29(36)27(22-34)21-33(18-10-11-19-33)31(38)35-28(24-39-23-26-15-8-5-9-16-26)30(37)40-20-12-17-25-13-6-4-7-14-25/h4-9,13-16,27-28H,10-12,17-24,34H2,1-3H3,(H,35,38)/t27-,28-/m0/s1. The van der Waals surface area contributed by atoms with Gasteiger partial charge in [0.25, 0.3) is 0 Å². The normalized spacial score (nSPS) is 16.0. The maximum absolute atomic E-state index is 13.8. The van der Waals surface area contributed by atoms with Crippen molar-refractivity contribution >= 4 is 17.8 Å². The lowest BCUT2D eigenvalue weighted by Gasteiger charge is -2.33. The van der Waals surface area contributed by atoms with Crippen molar-refractivity contribution in [2.24, 2.45) is 17.1 Å². The molecule has 1 aliphatic rings. The third-order valence-electron chi connectivity index (χ3n) is 7.39. The van der Waals surface area contributed by atoms with Crippen molar-refractivity contribution in [1.29, 1.82) is 0 Å². The number of ether oxygens (including phenoxy) is 3. The van der Waals surface area contributed by atoms with Crippen LogP contribution >= 0.6 is 0 Å². The summed E-state index contributed by atoms with van der Waals surface area (Å²) in [6, 6.07) is 18.7. The fourth-order valence-corrected chi connectivity index (χ4v) is 5.24. The number of carbonyl (C=O) groups excluding carboxylic acids is 3. The summed E-state index contributed by atoms with van der Waals surface area (Å²) >= 11 is 0. The number of benzene rings is 2. The van der Waals surface area contributed by atoms with Crippen molar-refractivity contribution in [1.82, 2.24) is 5.32 Å². The fraction of sp³-hybridized carbons (Fsp3) is 0.545. The van der Waals surface area contributed by atoms with Crippen LogP contribution in [0.3, 0.4) is 0 Å². The van der Waals surface area contributed by atoms with E-state index in [0.29, 0.717) is 25.9 Å². The molecule has 0 aromatic heterocycles. The number of nitrogens with two attached hydrogens (primary N) is 1. The Hall–Kier alpha value is -3.23. The highest BCUT2D eigenvalue weighted by atomic mass is 16.6. The number of amides is 1. The van der Waals surface area contributed by atoms with Gasteiger partial charge in [-0.3, -0.25) is 9.59 Å². The van der Waals surface area contributed by atoms with Crippen LogP contribution in [0.5, 0.6) is 0 Å². The zero-order valence-corrected chi connectivity index (χ0v) is 24.7. The quantitative estimate of drug-likeness (QED) is 0.236. The Balaban J connectivity index is 1.66. The van der Waals surface area contributed by atoms with Crippen molar-refractivity contribution < 1.29 is 28.6 Å². The first-order valence-electron chi connectivity index (χ1n) is 14.7. The molecule has 0 heterocycles. The van der Waals surface area contributed by atoms with Gasteiger partial charge in [-0.15, -0.1) is 0 Å². The Bertz CT molecular complexity index is 1090. The Morgan fingerprint density at radius 2 is 1.54 bits per heavy atom. The third kappa shape index (κ3) is 10.6. The van der Waals surface area contributed by atoms with Crippen molar-refractivity contribution in [3.8, 4) is 0 Å². The molecule has 41 heavy (non-hydrogen) atoms. The van der Waals surface area contributed by atoms with E-state index in [2.05, 4.69) is 5.32 Å². The minimum Gasteiger partial charge on any atom is -0.464 e. The monoisotopic (exact) mass is 566 g/mol. The summed E-state index contributed by atoms with van der Waals surface area (Å²) < 4.78 is 17.0. The highest BCUT2D eigenvalue weighted by Gasteiger charge is 2.45. The number of hydrogen-bond donors (Lipinski definition) is 2. The van der Waals surface area contributed by atoms with Gasteiger partial charge in [-0.2, -0.15) is 0 Å². The minimum absolute atomic E-state index is 0.0272. The summed E-state index contributed by atoms with van der Waals surface area (Å²) in [6.07, 6.45) is 4.66. The van der Waals surface area contributed by atoms with Gasteiger partial charge in [-0.1, -0.05) is 73.5 Å². The average molecular weight is 567 g/mol. The molecule has 224 valence electrons. The van der Waals surface area contributed by atoms with Crippen LogP contribution in [0.25, 0.3) is 0 Å². The van der Waals surface area contributed by atoms with Crippen molar-refractivity contribution in [3.63, 3.8) is 0 Å². The van der Waals surface area contributed by atoms with Crippen molar-refractivity contribution in [3.05, 3.63) is 71.8 Å². The number of esters is 2. The summed E-state index contributed by atoms with van der Waals surface area (Å²) in [7, 11) is 0. The zero-order chi connectivity index (χ0) is 29.7. The minimum atomic E-state index is -0.974. The molecule has 0 spiro atoms. The van der Waals surface area contributed by atoms with Crippen LogP contribution in [0.2, 0.25) is 0 Å². The molecule has 2 aromatic carbocycles. The molecule has 1 saturated carbocycles. The smallest absolute Gasteiger partial charge is 0.331 e. The van der Waals surface area contributed by atoms with E-state index < -0.39 is 34.9 Å². The van der Waals surface area contributed by atoms with Gasteiger partial charge < -0.3 is 25.3 Å². The summed E-state index contributed by atoms with van der Waals surface area (Å²) in [5.74, 6) is -1.82. The number of aryl methyl sites for hydroxylation is 1. The van der Waals surface area contributed by atoms with Crippen LogP contribution in [0.1, 0.15) is 70.4 Å². The molecule has 0 radical (unpaired) electrons. The van der Waals surface area contributed by atoms with Gasteiger partial charge >= 0.3 is 11.9 Å². The Morgan fingerprint density at radius 1 is 0.927 bits per heavy atom. The molecule has 0 unspecified atom stereocenters. The van der Waals surface area contributed by atoms with Gasteiger partial charge in [0.2, 0.25) is 5.91 Å². The lowest BCUT2D eigenvalue weighted by atomic mass is 9.76. The molecule has 1 aliphatic carbocycles. The van der Waals surface area contributed by atoms with Crippen molar-refractivity contribution in [2.75, 3.05) is 19.8 Å². The Kier molecular flexibility index (Phi) is 12.4. The molecule has 1 fully saturated rings. The molecule has 0 bridgehead atoms. The average Bonchev–Trinajstić information content (AvgIpc) is 3.43. The van der Waals surface area contributed by atoms with Crippen molar-refractivity contribution in [2.45, 2.75) is 84.0 Å². The van der Waals surface area contributed by atoms with Gasteiger partial charge in [-0.05, 0) is 64.0 Å². The molecule has 2 atom stereocenters. The number of rotatable bonds is 15. The predicted molar refractivity (Wildman–Crippen MR) is 158 cm³/mol. The SMILES string of the molecule is CC(C)(C)OC(=O)[C@H](CN)CC1(C(=O)N[C@@H](COCc2ccccc2)C(=O)OCCCc2ccccc2)CCCC1. The molecule has 8 nitrogen and oxygen atoms in total. The highest BCUT2D eigenvalue weighted by Crippen LogP contribution is 2.44. The summed E-state index contributed by atoms with van der Waals surface area (Å²) in [5, 5.41) is 2.93. The molecule has 8 heteroatoms. The Morgan fingerprint density at radius 3 is 2.12 bits per heavy atom. The molecular weight excluding hydrogens is 520 g/mol. The van der Waals surface area contributed by atoms with Gasteiger partial charge in [0.15, 0.2) is 6.04 Å². The number of nitrogens with one attached hydrogen (secondary N) is 1. The van der Waals surface area contributed by atoms with E-state index in [1.54, 1.807) is 0 Å². The second-order valence-corrected chi connectivity index (χ2v) is 11.9. The zero-order valence-electron chi connectivity index (χ0n) is 24.7. The predicted octanol–water partition coefficient (Wildman–Crippen LogP) is 4.73. The van der Waals surface area contributed by atoms with E-state index in [-0.39, 0.29) is 32.1 Å². The van der Waals surface area contributed by atoms with E-state index in [4.69, 9.17) is 19.9 Å². The van der Waals surface area contributed by atoms with Crippen LogP contribution in [0.4, 0.5) is 0 Å². The maximum Gasteiger partial charge on any atom is 0.331 e. The molecule has 1 amide bonds. The second-order valence-electron chi connectivity index (χ2n) is 11.9. The fourth-order valence-electron chi connectivity index (χ4n) is 5.24. The van der Waals surface area contributed by atoms with Crippen LogP contribution in [-0.4, -0.2) is 49.2 Å². The molecule has 0 aliphatic heterocycles. The molecular formula is C33H46N2O6. The Labute approximate surface area is 244 Å². The second kappa shape index (κ2) is 15.7. The first kappa shape index (κ1) is 32.3. The van der Waals surface area contributed by atoms with Gasteiger partial charge in [0, 0.05) is 6.54 Å².